The Bertz CT molecular complexity index is 878. The molecule has 0 saturated heterocycles. The number of carbonyl (C=O) groups is 1. The molecule has 1 heterocycles. The minimum Gasteiger partial charge on any atom is -0.493 e. The van der Waals surface area contributed by atoms with Gasteiger partial charge in [-0.3, -0.25) is 4.79 Å². The molecule has 3 rings (SSSR count). The van der Waals surface area contributed by atoms with Gasteiger partial charge >= 0.3 is 0 Å². The fourth-order valence-electron chi connectivity index (χ4n) is 2.34. The van der Waals surface area contributed by atoms with Gasteiger partial charge in [-0.15, -0.1) is 0 Å². The lowest BCUT2D eigenvalue weighted by molar-refractivity contribution is 0.0941. The zero-order valence-corrected chi connectivity index (χ0v) is 14.2. The van der Waals surface area contributed by atoms with Crippen LogP contribution in [0.25, 0.3) is 5.69 Å². The second-order valence-corrected chi connectivity index (χ2v) is 5.38. The third kappa shape index (κ3) is 4.18. The Kier molecular flexibility index (Phi) is 5.48. The molecule has 0 fully saturated rings. The maximum Gasteiger partial charge on any atom is 0.271 e. The van der Waals surface area contributed by atoms with Crippen molar-refractivity contribution in [3.05, 3.63) is 72.3 Å². The highest BCUT2D eigenvalue weighted by Gasteiger charge is 2.10. The third-order valence-electron chi connectivity index (χ3n) is 3.63. The van der Waals surface area contributed by atoms with Gasteiger partial charge in [0.05, 0.1) is 19.3 Å². The van der Waals surface area contributed by atoms with Crippen LogP contribution in [0.3, 0.4) is 0 Å². The van der Waals surface area contributed by atoms with Crippen molar-refractivity contribution in [2.24, 2.45) is 0 Å². The molecule has 0 bridgehead atoms. The van der Waals surface area contributed by atoms with Gasteiger partial charge in [0.15, 0.2) is 17.2 Å². The highest BCUT2D eigenvalue weighted by Crippen LogP contribution is 2.25. The molecular formula is C19H18FN3O3. The SMILES string of the molecule is COc1ccccc1OCCNC(=O)c1ccn(-c2ccc(F)cc2)n1. The van der Waals surface area contributed by atoms with Crippen molar-refractivity contribution < 1.29 is 18.7 Å². The molecule has 1 N–H and O–H groups in total. The number of benzene rings is 2. The molecule has 2 aromatic carbocycles. The van der Waals surface area contributed by atoms with Gasteiger partial charge < -0.3 is 14.8 Å². The number of rotatable bonds is 7. The lowest BCUT2D eigenvalue weighted by Gasteiger charge is -2.10. The summed E-state index contributed by atoms with van der Waals surface area (Å²) in [5.41, 5.74) is 0.941. The van der Waals surface area contributed by atoms with Crippen molar-refractivity contribution in [3.63, 3.8) is 0 Å². The standard InChI is InChI=1S/C19H18FN3O3/c1-25-17-4-2-3-5-18(17)26-13-11-21-19(24)16-10-12-23(22-16)15-8-6-14(20)7-9-15/h2-10,12H,11,13H2,1H3,(H,21,24). The predicted molar refractivity (Wildman–Crippen MR) is 94.3 cm³/mol. The van der Waals surface area contributed by atoms with Gasteiger partial charge in [0.25, 0.3) is 5.91 Å². The van der Waals surface area contributed by atoms with Crippen molar-refractivity contribution in [2.45, 2.75) is 0 Å². The van der Waals surface area contributed by atoms with Gasteiger partial charge in [-0.1, -0.05) is 12.1 Å². The van der Waals surface area contributed by atoms with E-state index in [9.17, 15) is 9.18 Å². The van der Waals surface area contributed by atoms with Crippen molar-refractivity contribution >= 4 is 5.91 Å². The third-order valence-corrected chi connectivity index (χ3v) is 3.63. The molecule has 6 nitrogen and oxygen atoms in total. The van der Waals surface area contributed by atoms with Crippen LogP contribution < -0.4 is 14.8 Å². The molecule has 3 aromatic rings. The number of halogens is 1. The Labute approximate surface area is 150 Å². The van der Waals surface area contributed by atoms with Crippen LogP contribution in [0.1, 0.15) is 10.5 Å². The maximum absolute atomic E-state index is 13.0. The van der Waals surface area contributed by atoms with Crippen LogP contribution in [-0.2, 0) is 0 Å². The maximum atomic E-state index is 13.0. The molecule has 0 atom stereocenters. The summed E-state index contributed by atoms with van der Waals surface area (Å²) in [7, 11) is 1.57. The molecule has 1 amide bonds. The van der Waals surface area contributed by atoms with Gasteiger partial charge in [-0.05, 0) is 42.5 Å². The second-order valence-electron chi connectivity index (χ2n) is 5.38. The van der Waals surface area contributed by atoms with Crippen LogP contribution >= 0.6 is 0 Å². The number of hydrogen-bond acceptors (Lipinski definition) is 4. The lowest BCUT2D eigenvalue weighted by Crippen LogP contribution is -2.28. The molecule has 134 valence electrons. The first-order chi connectivity index (χ1) is 12.7. The second kappa shape index (κ2) is 8.15. The highest BCUT2D eigenvalue weighted by atomic mass is 19.1. The summed E-state index contributed by atoms with van der Waals surface area (Å²) in [6.45, 7) is 0.616. The quantitative estimate of drug-likeness (QED) is 0.662. The molecule has 26 heavy (non-hydrogen) atoms. The van der Waals surface area contributed by atoms with Crippen molar-refractivity contribution in [3.8, 4) is 17.2 Å². The molecule has 0 aliphatic rings. The number of amides is 1. The van der Waals surface area contributed by atoms with Crippen molar-refractivity contribution in [2.75, 3.05) is 20.3 Å². The zero-order chi connectivity index (χ0) is 18.4. The van der Waals surface area contributed by atoms with Gasteiger partial charge in [0.2, 0.25) is 0 Å². The monoisotopic (exact) mass is 355 g/mol. The Hall–Kier alpha value is -3.35. The van der Waals surface area contributed by atoms with Crippen molar-refractivity contribution in [1.29, 1.82) is 0 Å². The zero-order valence-electron chi connectivity index (χ0n) is 14.2. The summed E-state index contributed by atoms with van der Waals surface area (Å²) < 4.78 is 25.3. The molecule has 0 aliphatic heterocycles. The molecule has 0 unspecified atom stereocenters. The summed E-state index contributed by atoms with van der Waals surface area (Å²) in [5.74, 6) is 0.616. The van der Waals surface area contributed by atoms with Crippen LogP contribution in [0, 0.1) is 5.82 Å². The number of carbonyl (C=O) groups excluding carboxylic acids is 1. The van der Waals surface area contributed by atoms with Crippen LogP contribution in [0.5, 0.6) is 11.5 Å². The normalized spacial score (nSPS) is 10.4. The van der Waals surface area contributed by atoms with Gasteiger partial charge in [0.1, 0.15) is 12.4 Å². The van der Waals surface area contributed by atoms with E-state index in [2.05, 4.69) is 10.4 Å². The Morgan fingerprint density at radius 3 is 2.58 bits per heavy atom. The Morgan fingerprint density at radius 1 is 1.12 bits per heavy atom. The summed E-state index contributed by atoms with van der Waals surface area (Å²) in [4.78, 5) is 12.2. The van der Waals surface area contributed by atoms with Crippen LogP contribution in [0.4, 0.5) is 4.39 Å². The topological polar surface area (TPSA) is 65.4 Å². The summed E-state index contributed by atoms with van der Waals surface area (Å²) in [6, 6.07) is 14.7. The van der Waals surface area contributed by atoms with E-state index >= 15 is 0 Å². The van der Waals surface area contributed by atoms with E-state index in [-0.39, 0.29) is 17.4 Å². The minimum absolute atomic E-state index is 0.270. The largest absolute Gasteiger partial charge is 0.493 e. The van der Waals surface area contributed by atoms with E-state index in [0.717, 1.165) is 0 Å². The molecule has 0 saturated carbocycles. The highest BCUT2D eigenvalue weighted by molar-refractivity contribution is 5.92. The molecule has 0 aliphatic carbocycles. The van der Waals surface area contributed by atoms with E-state index in [1.165, 1.54) is 16.8 Å². The van der Waals surface area contributed by atoms with Gasteiger partial charge in [-0.25, -0.2) is 9.07 Å². The molecular weight excluding hydrogens is 337 g/mol. The first kappa shape index (κ1) is 17.5. The number of hydrogen-bond donors (Lipinski definition) is 1. The summed E-state index contributed by atoms with van der Waals surface area (Å²) in [5, 5.41) is 6.94. The fourth-order valence-corrected chi connectivity index (χ4v) is 2.34. The first-order valence-corrected chi connectivity index (χ1v) is 8.03. The van der Waals surface area contributed by atoms with Gasteiger partial charge in [0, 0.05) is 6.20 Å². The van der Waals surface area contributed by atoms with E-state index in [0.29, 0.717) is 30.3 Å². The summed E-state index contributed by atoms with van der Waals surface area (Å²) >= 11 is 0. The first-order valence-electron chi connectivity index (χ1n) is 8.03. The number of para-hydroxylation sites is 2. The van der Waals surface area contributed by atoms with E-state index in [1.54, 1.807) is 43.6 Å². The number of ether oxygens (including phenoxy) is 2. The smallest absolute Gasteiger partial charge is 0.271 e. The van der Waals surface area contributed by atoms with Crippen molar-refractivity contribution in [1.82, 2.24) is 15.1 Å². The molecule has 0 radical (unpaired) electrons. The number of nitrogens with zero attached hydrogens (tertiary/aromatic N) is 2. The van der Waals surface area contributed by atoms with Crippen LogP contribution in [0.15, 0.2) is 60.8 Å². The predicted octanol–water partition coefficient (Wildman–Crippen LogP) is 2.83. The summed E-state index contributed by atoms with van der Waals surface area (Å²) in [6.07, 6.45) is 1.65. The van der Waals surface area contributed by atoms with E-state index < -0.39 is 0 Å². The van der Waals surface area contributed by atoms with Crippen LogP contribution in [0.2, 0.25) is 0 Å². The minimum atomic E-state index is -0.325. The Balaban J connectivity index is 1.52. The number of nitrogens with one attached hydrogen (secondary N) is 1. The molecule has 7 heteroatoms. The van der Waals surface area contributed by atoms with E-state index in [1.807, 2.05) is 12.1 Å². The average molecular weight is 355 g/mol. The Morgan fingerprint density at radius 2 is 1.85 bits per heavy atom. The molecule has 1 aromatic heterocycles. The number of methoxy groups -OCH3 is 1. The lowest BCUT2D eigenvalue weighted by atomic mass is 10.3. The average Bonchev–Trinajstić information content (AvgIpc) is 3.16. The van der Waals surface area contributed by atoms with Gasteiger partial charge in [-0.2, -0.15) is 5.10 Å². The van der Waals surface area contributed by atoms with E-state index in [4.69, 9.17) is 9.47 Å². The fraction of sp³-hybridized carbons (Fsp3) is 0.158. The van der Waals surface area contributed by atoms with Crippen LogP contribution in [-0.4, -0.2) is 35.9 Å². The molecule has 0 spiro atoms. The number of aromatic nitrogens is 2.